The standard InChI is InChI=1S/C20H22N.2ClH.Cr/c1-3-4-5-8-16-12-13-18(15(16)2)19-11-6-9-17-10-7-14-21-20(17)19;;;/h6-7,9-11,14H,3-5,8,13H2,1-2H3;2*1H;/q-1;;;+3/p-2. The van der Waals surface area contributed by atoms with Crippen molar-refractivity contribution in [3.8, 4) is 0 Å². The van der Waals surface area contributed by atoms with Crippen LogP contribution in [0.4, 0.5) is 0 Å². The normalized spacial score (nSPS) is 13.0. The van der Waals surface area contributed by atoms with Crippen molar-refractivity contribution in [2.45, 2.75) is 46.0 Å². The molecule has 1 heterocycles. The van der Waals surface area contributed by atoms with Crippen molar-refractivity contribution in [3.05, 3.63) is 59.3 Å². The zero-order valence-corrected chi connectivity index (χ0v) is 16.9. The molecule has 1 radical (unpaired) electrons. The Balaban J connectivity index is 0.00000176. The first-order chi connectivity index (χ1) is 10.3. The summed E-state index contributed by atoms with van der Waals surface area (Å²) in [4.78, 5) is 4.59. The number of nitrogens with zero attached hydrogens (tertiary/aromatic N) is 1. The van der Waals surface area contributed by atoms with E-state index in [2.05, 4.69) is 49.2 Å². The summed E-state index contributed by atoms with van der Waals surface area (Å²) in [7, 11) is 0. The van der Waals surface area contributed by atoms with Gasteiger partial charge in [0.1, 0.15) is 0 Å². The van der Waals surface area contributed by atoms with Crippen LogP contribution in [0.25, 0.3) is 16.5 Å². The number of hydrogen-bond acceptors (Lipinski definition) is 1. The van der Waals surface area contributed by atoms with Gasteiger partial charge in [0.15, 0.2) is 0 Å². The Morgan fingerprint density at radius 1 is 1.08 bits per heavy atom. The molecule has 24 heavy (non-hydrogen) atoms. The van der Waals surface area contributed by atoms with Crippen LogP contribution in [0.5, 0.6) is 0 Å². The van der Waals surface area contributed by atoms with E-state index in [-0.39, 0.29) is 42.2 Å². The minimum atomic E-state index is 0. The van der Waals surface area contributed by atoms with E-state index in [4.69, 9.17) is 0 Å². The predicted octanol–water partition coefficient (Wildman–Crippen LogP) is -0.273. The van der Waals surface area contributed by atoms with Crippen LogP contribution in [0, 0.1) is 6.08 Å². The van der Waals surface area contributed by atoms with Gasteiger partial charge in [-0.15, -0.1) is 18.9 Å². The second-order valence-electron chi connectivity index (χ2n) is 5.77. The minimum Gasteiger partial charge on any atom is -1.00 e. The molecule has 0 bridgehead atoms. The maximum atomic E-state index is 4.59. The summed E-state index contributed by atoms with van der Waals surface area (Å²) in [5, 5.41) is 1.22. The summed E-state index contributed by atoms with van der Waals surface area (Å²) in [5.74, 6) is 0. The summed E-state index contributed by atoms with van der Waals surface area (Å²) in [5.41, 5.74) is 6.65. The molecule has 0 fully saturated rings. The quantitative estimate of drug-likeness (QED) is 0.499. The van der Waals surface area contributed by atoms with Crippen molar-refractivity contribution < 1.29 is 42.2 Å². The molecule has 0 N–H and O–H groups in total. The summed E-state index contributed by atoms with van der Waals surface area (Å²) >= 11 is 0. The molecule has 1 aliphatic carbocycles. The van der Waals surface area contributed by atoms with Gasteiger partial charge in [-0.2, -0.15) is 5.57 Å². The third kappa shape index (κ3) is 4.87. The van der Waals surface area contributed by atoms with Gasteiger partial charge in [0.2, 0.25) is 0 Å². The van der Waals surface area contributed by atoms with Crippen LogP contribution in [-0.2, 0) is 17.4 Å². The summed E-state index contributed by atoms with van der Waals surface area (Å²) in [6, 6.07) is 10.6. The number of unbranched alkanes of at least 4 members (excludes halogenated alkanes) is 2. The van der Waals surface area contributed by atoms with Crippen LogP contribution >= 0.6 is 0 Å². The molecular weight excluding hydrogens is 377 g/mol. The molecule has 0 atom stereocenters. The summed E-state index contributed by atoms with van der Waals surface area (Å²) in [6.07, 6.45) is 11.4. The Bertz CT molecular complexity index is 717. The van der Waals surface area contributed by atoms with Crippen LogP contribution in [0.3, 0.4) is 0 Å². The van der Waals surface area contributed by atoms with E-state index in [0.29, 0.717) is 0 Å². The van der Waals surface area contributed by atoms with Crippen LogP contribution < -0.4 is 24.8 Å². The molecule has 2 aromatic rings. The van der Waals surface area contributed by atoms with Crippen molar-refractivity contribution in [3.63, 3.8) is 0 Å². The Kier molecular flexibility index (Phi) is 10.6. The van der Waals surface area contributed by atoms with Crippen molar-refractivity contribution in [2.75, 3.05) is 0 Å². The molecule has 0 amide bonds. The van der Waals surface area contributed by atoms with E-state index in [1.165, 1.54) is 53.4 Å². The number of hydrogen-bond donors (Lipinski definition) is 0. The van der Waals surface area contributed by atoms with Crippen LogP contribution in [-0.4, -0.2) is 4.98 Å². The number of halogens is 2. The predicted molar refractivity (Wildman–Crippen MR) is 89.9 cm³/mol. The molecule has 0 saturated carbocycles. The number of rotatable bonds is 5. The summed E-state index contributed by atoms with van der Waals surface area (Å²) < 4.78 is 0. The fraction of sp³-hybridized carbons (Fsp3) is 0.350. The maximum absolute atomic E-state index is 4.59. The molecule has 1 aromatic heterocycles. The molecule has 1 nitrogen and oxygen atoms in total. The third-order valence-corrected chi connectivity index (χ3v) is 4.37. The number of allylic oxidation sites excluding steroid dienone is 4. The van der Waals surface area contributed by atoms with Gasteiger partial charge in [-0.25, -0.2) is 5.57 Å². The Morgan fingerprint density at radius 3 is 2.58 bits per heavy atom. The van der Waals surface area contributed by atoms with Gasteiger partial charge < -0.3 is 24.8 Å². The molecule has 1 aliphatic rings. The fourth-order valence-electron chi connectivity index (χ4n) is 3.12. The van der Waals surface area contributed by atoms with Crippen molar-refractivity contribution in [1.29, 1.82) is 0 Å². The molecule has 0 unspecified atom stereocenters. The second-order valence-corrected chi connectivity index (χ2v) is 5.77. The molecule has 0 saturated heterocycles. The van der Waals surface area contributed by atoms with Gasteiger partial charge in [0.05, 0.1) is 5.52 Å². The molecule has 1 aromatic carbocycles. The fourth-order valence-corrected chi connectivity index (χ4v) is 3.12. The average Bonchev–Trinajstić information content (AvgIpc) is 2.88. The van der Waals surface area contributed by atoms with Crippen molar-refractivity contribution in [2.24, 2.45) is 0 Å². The van der Waals surface area contributed by atoms with Gasteiger partial charge >= 0.3 is 17.4 Å². The SMILES string of the molecule is CCCCCC1=[C-]CC(c2cccc3cccnc23)=C1C.[Cl-].[Cl-].[Cr+3]. The number of pyridine rings is 1. The zero-order chi connectivity index (χ0) is 14.7. The first-order valence-corrected chi connectivity index (χ1v) is 7.95. The van der Waals surface area contributed by atoms with Crippen molar-refractivity contribution >= 4 is 16.5 Å². The topological polar surface area (TPSA) is 12.9 Å². The molecule has 3 rings (SSSR count). The van der Waals surface area contributed by atoms with E-state index in [1.807, 2.05) is 12.3 Å². The largest absolute Gasteiger partial charge is 3.00 e. The van der Waals surface area contributed by atoms with Gasteiger partial charge in [0.25, 0.3) is 0 Å². The Labute approximate surface area is 168 Å². The summed E-state index contributed by atoms with van der Waals surface area (Å²) in [6.45, 7) is 4.50. The van der Waals surface area contributed by atoms with Crippen LogP contribution in [0.2, 0.25) is 0 Å². The van der Waals surface area contributed by atoms with Crippen LogP contribution in [0.1, 0.15) is 51.5 Å². The van der Waals surface area contributed by atoms with E-state index >= 15 is 0 Å². The molecule has 127 valence electrons. The number of fused-ring (bicyclic) bond motifs is 1. The second kappa shape index (κ2) is 11.0. The smallest absolute Gasteiger partial charge is 1.00 e. The molecule has 0 spiro atoms. The number of benzene rings is 1. The minimum absolute atomic E-state index is 0. The van der Waals surface area contributed by atoms with E-state index < -0.39 is 0 Å². The van der Waals surface area contributed by atoms with Crippen LogP contribution in [0.15, 0.2) is 47.7 Å². The van der Waals surface area contributed by atoms with E-state index in [1.54, 1.807) is 0 Å². The van der Waals surface area contributed by atoms with Gasteiger partial charge in [-0.05, 0) is 11.6 Å². The van der Waals surface area contributed by atoms with Gasteiger partial charge in [-0.1, -0.05) is 56.9 Å². The molecular formula is C20H22Cl2CrN. The maximum Gasteiger partial charge on any atom is 3.00 e. The van der Waals surface area contributed by atoms with E-state index in [0.717, 1.165) is 11.9 Å². The monoisotopic (exact) mass is 398 g/mol. The average molecular weight is 399 g/mol. The Hall–Kier alpha value is -0.778. The first-order valence-electron chi connectivity index (χ1n) is 7.95. The van der Waals surface area contributed by atoms with Crippen molar-refractivity contribution in [1.82, 2.24) is 4.98 Å². The zero-order valence-electron chi connectivity index (χ0n) is 14.1. The number of para-hydroxylation sites is 1. The molecule has 0 aliphatic heterocycles. The third-order valence-electron chi connectivity index (χ3n) is 4.37. The number of aromatic nitrogens is 1. The van der Waals surface area contributed by atoms with Gasteiger partial charge in [0, 0.05) is 11.6 Å². The first kappa shape index (κ1) is 23.2. The van der Waals surface area contributed by atoms with E-state index in [9.17, 15) is 0 Å². The Morgan fingerprint density at radius 2 is 1.83 bits per heavy atom. The molecule has 4 heteroatoms. The van der Waals surface area contributed by atoms with Gasteiger partial charge in [-0.3, -0.25) is 11.1 Å².